The average molecular weight is 538 g/mol. The third-order valence-corrected chi connectivity index (χ3v) is 7.00. The lowest BCUT2D eigenvalue weighted by atomic mass is 10.2. The summed E-state index contributed by atoms with van der Waals surface area (Å²) in [6.07, 6.45) is 1.35. The van der Waals surface area contributed by atoms with Gasteiger partial charge in [-0.05, 0) is 49.0 Å². The number of phenols is 1. The van der Waals surface area contributed by atoms with Gasteiger partial charge in [0, 0.05) is 28.8 Å². The van der Waals surface area contributed by atoms with E-state index in [9.17, 15) is 9.90 Å². The summed E-state index contributed by atoms with van der Waals surface area (Å²) in [5.74, 6) is 0.450. The van der Waals surface area contributed by atoms with Crippen molar-refractivity contribution in [3.05, 3.63) is 82.4 Å². The van der Waals surface area contributed by atoms with E-state index in [-0.39, 0.29) is 12.4 Å². The first-order valence-electron chi connectivity index (χ1n) is 11.9. The van der Waals surface area contributed by atoms with Gasteiger partial charge in [0.15, 0.2) is 5.13 Å². The molecule has 0 radical (unpaired) electrons. The van der Waals surface area contributed by atoms with E-state index in [2.05, 4.69) is 51.7 Å². The number of carbonyl (C=O) groups excluding carboxylic acids is 1. The van der Waals surface area contributed by atoms with Gasteiger partial charge in [-0.25, -0.2) is 15.2 Å². The standard InChI is InChI=1S/C27H28ClN5O3S/c1-3-33(4-2)16-18-9-12-23-25(13-18)37-27(30-23)31-26(35)32-29-15-19-10-11-21(14-24(19)34)36-17-20-7-5-6-8-22(20)28/h5-15,34H,3-4,16-17H2,1-2H3,(H2,30,31,32,35)/b29-15+. The van der Waals surface area contributed by atoms with Crippen LogP contribution >= 0.6 is 22.9 Å². The number of aromatic hydroxyl groups is 1. The maximum absolute atomic E-state index is 12.3. The number of aromatic nitrogens is 1. The molecule has 0 aliphatic rings. The maximum Gasteiger partial charge on any atom is 0.341 e. The molecule has 0 unspecified atom stereocenters. The molecule has 1 heterocycles. The summed E-state index contributed by atoms with van der Waals surface area (Å²) in [6.45, 7) is 7.42. The lowest BCUT2D eigenvalue weighted by Gasteiger charge is -2.17. The van der Waals surface area contributed by atoms with E-state index in [0.717, 1.165) is 35.4 Å². The fourth-order valence-corrected chi connectivity index (χ4v) is 4.73. The van der Waals surface area contributed by atoms with Crippen molar-refractivity contribution in [3.63, 3.8) is 0 Å². The van der Waals surface area contributed by atoms with Crippen molar-refractivity contribution in [1.82, 2.24) is 15.3 Å². The number of hydrazone groups is 1. The van der Waals surface area contributed by atoms with Crippen LogP contribution in [0.4, 0.5) is 9.93 Å². The van der Waals surface area contributed by atoms with E-state index < -0.39 is 6.03 Å². The first-order valence-corrected chi connectivity index (χ1v) is 13.1. The van der Waals surface area contributed by atoms with E-state index in [1.807, 2.05) is 24.3 Å². The van der Waals surface area contributed by atoms with Gasteiger partial charge in [0.2, 0.25) is 0 Å². The third kappa shape index (κ3) is 7.19. The number of ether oxygens (including phenoxy) is 1. The maximum atomic E-state index is 12.3. The minimum Gasteiger partial charge on any atom is -0.507 e. The van der Waals surface area contributed by atoms with Crippen LogP contribution in [0.2, 0.25) is 5.02 Å². The Morgan fingerprint density at radius 2 is 1.97 bits per heavy atom. The fourth-order valence-electron chi connectivity index (χ4n) is 3.61. The Bertz CT molecular complexity index is 1400. The molecule has 0 bridgehead atoms. The van der Waals surface area contributed by atoms with Gasteiger partial charge < -0.3 is 9.84 Å². The number of fused-ring (bicyclic) bond motifs is 1. The summed E-state index contributed by atoms with van der Waals surface area (Å²) in [5, 5.41) is 18.0. The van der Waals surface area contributed by atoms with Gasteiger partial charge >= 0.3 is 6.03 Å². The van der Waals surface area contributed by atoms with Crippen molar-refractivity contribution in [2.24, 2.45) is 5.10 Å². The Balaban J connectivity index is 1.31. The lowest BCUT2D eigenvalue weighted by molar-refractivity contribution is 0.252. The van der Waals surface area contributed by atoms with Crippen LogP contribution in [0.25, 0.3) is 10.2 Å². The second-order valence-electron chi connectivity index (χ2n) is 8.21. The number of nitrogens with zero attached hydrogens (tertiary/aromatic N) is 3. The summed E-state index contributed by atoms with van der Waals surface area (Å²) in [6, 6.07) is 17.8. The number of carbonyl (C=O) groups is 1. The highest BCUT2D eigenvalue weighted by atomic mass is 35.5. The number of hydrogen-bond donors (Lipinski definition) is 3. The third-order valence-electron chi connectivity index (χ3n) is 5.70. The molecule has 10 heteroatoms. The molecule has 4 aromatic rings. The molecular formula is C27H28ClN5O3S. The Morgan fingerprint density at radius 3 is 2.73 bits per heavy atom. The largest absolute Gasteiger partial charge is 0.507 e. The van der Waals surface area contributed by atoms with Gasteiger partial charge in [-0.15, -0.1) is 0 Å². The highest BCUT2D eigenvalue weighted by Gasteiger charge is 2.10. The van der Waals surface area contributed by atoms with Gasteiger partial charge in [0.25, 0.3) is 0 Å². The summed E-state index contributed by atoms with van der Waals surface area (Å²) in [5.41, 5.74) is 5.70. The number of halogens is 1. The number of urea groups is 1. The fraction of sp³-hybridized carbons (Fsp3) is 0.222. The monoisotopic (exact) mass is 537 g/mol. The number of hydrogen-bond acceptors (Lipinski definition) is 7. The Labute approximate surface area is 224 Å². The van der Waals surface area contributed by atoms with E-state index in [1.54, 1.807) is 18.2 Å². The highest BCUT2D eigenvalue weighted by Crippen LogP contribution is 2.27. The molecule has 0 saturated heterocycles. The molecule has 0 spiro atoms. The predicted octanol–water partition coefficient (Wildman–Crippen LogP) is 6.23. The van der Waals surface area contributed by atoms with Crippen LogP contribution in [-0.2, 0) is 13.2 Å². The van der Waals surface area contributed by atoms with Crippen LogP contribution in [0.15, 0.2) is 65.8 Å². The Hall–Kier alpha value is -3.66. The number of nitrogens with one attached hydrogen (secondary N) is 2. The number of thiazole rings is 1. The topological polar surface area (TPSA) is 99.1 Å². The second kappa shape index (κ2) is 12.5. The van der Waals surface area contributed by atoms with Crippen LogP contribution in [0.1, 0.15) is 30.5 Å². The highest BCUT2D eigenvalue weighted by molar-refractivity contribution is 7.22. The van der Waals surface area contributed by atoms with Crippen LogP contribution < -0.4 is 15.5 Å². The van der Waals surface area contributed by atoms with E-state index >= 15 is 0 Å². The van der Waals surface area contributed by atoms with Crippen molar-refractivity contribution in [2.75, 3.05) is 18.4 Å². The number of anilines is 1. The average Bonchev–Trinajstić information content (AvgIpc) is 3.29. The number of rotatable bonds is 10. The summed E-state index contributed by atoms with van der Waals surface area (Å²) in [4.78, 5) is 19.1. The van der Waals surface area contributed by atoms with Crippen LogP contribution in [0.3, 0.4) is 0 Å². The van der Waals surface area contributed by atoms with E-state index in [1.165, 1.54) is 29.2 Å². The predicted molar refractivity (Wildman–Crippen MR) is 150 cm³/mol. The van der Waals surface area contributed by atoms with Crippen molar-refractivity contribution in [2.45, 2.75) is 27.0 Å². The molecule has 0 aliphatic heterocycles. The second-order valence-corrected chi connectivity index (χ2v) is 9.65. The van der Waals surface area contributed by atoms with E-state index in [4.69, 9.17) is 16.3 Å². The molecule has 0 saturated carbocycles. The summed E-state index contributed by atoms with van der Waals surface area (Å²) >= 11 is 7.55. The number of amides is 2. The van der Waals surface area contributed by atoms with Crippen molar-refractivity contribution in [3.8, 4) is 11.5 Å². The molecule has 1 aromatic heterocycles. The molecule has 3 aromatic carbocycles. The smallest absolute Gasteiger partial charge is 0.341 e. The molecule has 0 aliphatic carbocycles. The molecule has 192 valence electrons. The molecular weight excluding hydrogens is 510 g/mol. The zero-order valence-corrected chi connectivity index (χ0v) is 22.1. The molecule has 3 N–H and O–H groups in total. The SMILES string of the molecule is CCN(CC)Cc1ccc2nc(NC(=O)N/N=C/c3ccc(OCc4ccccc4Cl)cc3O)sc2c1. The zero-order valence-electron chi connectivity index (χ0n) is 20.6. The van der Waals surface area contributed by atoms with Crippen molar-refractivity contribution in [1.29, 1.82) is 0 Å². The Kier molecular flexibility index (Phi) is 8.95. The number of phenolic OH excluding ortho intramolecular Hbond substituents is 1. The minimum atomic E-state index is -0.530. The zero-order chi connectivity index (χ0) is 26.2. The van der Waals surface area contributed by atoms with Crippen molar-refractivity contribution < 1.29 is 14.6 Å². The minimum absolute atomic E-state index is 0.0331. The molecule has 0 fully saturated rings. The molecule has 2 amide bonds. The van der Waals surface area contributed by atoms with Gasteiger partial charge in [0.1, 0.15) is 18.1 Å². The van der Waals surface area contributed by atoms with Gasteiger partial charge in [-0.1, -0.05) is 61.1 Å². The van der Waals surface area contributed by atoms with Gasteiger partial charge in [0.05, 0.1) is 16.4 Å². The van der Waals surface area contributed by atoms with Gasteiger partial charge in [-0.3, -0.25) is 10.2 Å². The summed E-state index contributed by atoms with van der Waals surface area (Å²) in [7, 11) is 0. The molecule has 8 nitrogen and oxygen atoms in total. The quantitative estimate of drug-likeness (QED) is 0.164. The van der Waals surface area contributed by atoms with Crippen LogP contribution in [0.5, 0.6) is 11.5 Å². The van der Waals surface area contributed by atoms with Crippen LogP contribution in [-0.4, -0.2) is 40.3 Å². The first kappa shape index (κ1) is 26.4. The van der Waals surface area contributed by atoms with Crippen LogP contribution in [0, 0.1) is 0 Å². The number of benzene rings is 3. The molecule has 37 heavy (non-hydrogen) atoms. The normalized spacial score (nSPS) is 11.4. The molecule has 0 atom stereocenters. The van der Waals surface area contributed by atoms with Crippen molar-refractivity contribution >= 4 is 50.5 Å². The summed E-state index contributed by atoms with van der Waals surface area (Å²) < 4.78 is 6.71. The first-order chi connectivity index (χ1) is 17.9. The Morgan fingerprint density at radius 1 is 1.16 bits per heavy atom. The van der Waals surface area contributed by atoms with Gasteiger partial charge in [-0.2, -0.15) is 5.10 Å². The molecule has 4 rings (SSSR count). The van der Waals surface area contributed by atoms with E-state index in [0.29, 0.717) is 21.5 Å². The lowest BCUT2D eigenvalue weighted by Crippen LogP contribution is -2.24.